The molecule has 2 heterocycles. The smallest absolute Gasteiger partial charge is 0.329 e. The van der Waals surface area contributed by atoms with Crippen molar-refractivity contribution >= 4 is 22.8 Å². The van der Waals surface area contributed by atoms with Crippen LogP contribution < -0.4 is 0 Å². The first-order valence-electron chi connectivity index (χ1n) is 6.93. The lowest BCUT2D eigenvalue weighted by Crippen LogP contribution is -2.50. The first-order chi connectivity index (χ1) is 10.0. The van der Waals surface area contributed by atoms with E-state index >= 15 is 0 Å². The van der Waals surface area contributed by atoms with Crippen LogP contribution in [0.3, 0.4) is 0 Å². The summed E-state index contributed by atoms with van der Waals surface area (Å²) in [7, 11) is 0. The number of aromatic nitrogens is 1. The minimum absolute atomic E-state index is 0.262. The predicted molar refractivity (Wildman–Crippen MR) is 78.1 cm³/mol. The van der Waals surface area contributed by atoms with E-state index in [4.69, 9.17) is 0 Å². The van der Waals surface area contributed by atoms with Gasteiger partial charge in [0, 0.05) is 18.1 Å². The second kappa shape index (κ2) is 4.84. The number of pyridine rings is 1. The van der Waals surface area contributed by atoms with Crippen LogP contribution in [0, 0.1) is 0 Å². The zero-order valence-corrected chi connectivity index (χ0v) is 11.7. The maximum atomic E-state index is 12.8. The summed E-state index contributed by atoms with van der Waals surface area (Å²) in [4.78, 5) is 30.1. The van der Waals surface area contributed by atoms with Crippen molar-refractivity contribution in [1.29, 1.82) is 0 Å². The van der Waals surface area contributed by atoms with Crippen LogP contribution in [0.25, 0.3) is 10.9 Å². The Kier molecular flexibility index (Phi) is 3.12. The SMILES string of the molecule is CC1(C(=O)O)CCCN1C(=O)c1cccc2cccnc12. The molecule has 1 N–H and O–H groups in total. The van der Waals surface area contributed by atoms with Crippen LogP contribution in [0.5, 0.6) is 0 Å². The molecule has 21 heavy (non-hydrogen) atoms. The number of nitrogens with zero attached hydrogens (tertiary/aromatic N) is 2. The maximum absolute atomic E-state index is 12.8. The number of carbonyl (C=O) groups is 2. The molecular formula is C16H16N2O3. The highest BCUT2D eigenvalue weighted by Crippen LogP contribution is 2.31. The van der Waals surface area contributed by atoms with E-state index in [0.29, 0.717) is 30.5 Å². The third-order valence-electron chi connectivity index (χ3n) is 4.21. The van der Waals surface area contributed by atoms with E-state index in [2.05, 4.69) is 4.98 Å². The Hall–Kier alpha value is -2.43. The first-order valence-corrected chi connectivity index (χ1v) is 6.93. The Labute approximate surface area is 122 Å². The molecule has 0 radical (unpaired) electrons. The molecule has 1 aromatic heterocycles. The van der Waals surface area contributed by atoms with E-state index in [1.807, 2.05) is 18.2 Å². The fourth-order valence-corrected chi connectivity index (χ4v) is 2.93. The van der Waals surface area contributed by atoms with Gasteiger partial charge in [-0.3, -0.25) is 9.78 Å². The molecule has 3 rings (SSSR count). The van der Waals surface area contributed by atoms with Crippen molar-refractivity contribution in [3.63, 3.8) is 0 Å². The summed E-state index contributed by atoms with van der Waals surface area (Å²) in [5, 5.41) is 10.3. The average molecular weight is 284 g/mol. The summed E-state index contributed by atoms with van der Waals surface area (Å²) in [6.07, 6.45) is 2.82. The van der Waals surface area contributed by atoms with Crippen LogP contribution in [0.15, 0.2) is 36.5 Å². The second-order valence-corrected chi connectivity index (χ2v) is 5.52. The van der Waals surface area contributed by atoms with Crippen molar-refractivity contribution in [2.75, 3.05) is 6.54 Å². The first kappa shape index (κ1) is 13.5. The van der Waals surface area contributed by atoms with Gasteiger partial charge in [0.2, 0.25) is 0 Å². The summed E-state index contributed by atoms with van der Waals surface area (Å²) in [5.41, 5.74) is -0.0549. The van der Waals surface area contributed by atoms with E-state index < -0.39 is 11.5 Å². The fraction of sp³-hybridized carbons (Fsp3) is 0.312. The zero-order chi connectivity index (χ0) is 15.0. The molecule has 1 amide bonds. The maximum Gasteiger partial charge on any atom is 0.329 e. The van der Waals surface area contributed by atoms with Gasteiger partial charge in [-0.1, -0.05) is 18.2 Å². The lowest BCUT2D eigenvalue weighted by molar-refractivity contribution is -0.147. The minimum Gasteiger partial charge on any atom is -0.480 e. The van der Waals surface area contributed by atoms with E-state index in [9.17, 15) is 14.7 Å². The Morgan fingerprint density at radius 1 is 1.29 bits per heavy atom. The summed E-state index contributed by atoms with van der Waals surface area (Å²) in [6.45, 7) is 2.07. The lowest BCUT2D eigenvalue weighted by Gasteiger charge is -2.31. The molecule has 0 spiro atoms. The molecule has 108 valence electrons. The Morgan fingerprint density at radius 3 is 2.81 bits per heavy atom. The molecule has 5 nitrogen and oxygen atoms in total. The standard InChI is InChI=1S/C16H16N2O3/c1-16(15(20)21)8-4-10-18(16)14(19)12-7-2-5-11-6-3-9-17-13(11)12/h2-3,5-7,9H,4,8,10H2,1H3,(H,20,21). The number of hydrogen-bond acceptors (Lipinski definition) is 3. The van der Waals surface area contributed by atoms with Gasteiger partial charge in [0.25, 0.3) is 5.91 Å². The number of para-hydroxylation sites is 1. The third kappa shape index (κ3) is 2.05. The third-order valence-corrected chi connectivity index (χ3v) is 4.21. The van der Waals surface area contributed by atoms with Gasteiger partial charge in [-0.05, 0) is 31.9 Å². The van der Waals surface area contributed by atoms with Crippen molar-refractivity contribution in [3.05, 3.63) is 42.1 Å². The number of amides is 1. The van der Waals surface area contributed by atoms with Gasteiger partial charge in [-0.2, -0.15) is 0 Å². The lowest BCUT2D eigenvalue weighted by atomic mass is 9.98. The molecule has 0 bridgehead atoms. The van der Waals surface area contributed by atoms with E-state index in [1.54, 1.807) is 25.3 Å². The molecule has 2 aromatic rings. The highest BCUT2D eigenvalue weighted by molar-refractivity contribution is 6.07. The van der Waals surface area contributed by atoms with Crippen LogP contribution in [-0.2, 0) is 4.79 Å². The molecule has 1 unspecified atom stereocenters. The van der Waals surface area contributed by atoms with Gasteiger partial charge >= 0.3 is 5.97 Å². The van der Waals surface area contributed by atoms with Crippen LogP contribution in [0.2, 0.25) is 0 Å². The number of carboxylic acid groups (broad SMARTS) is 1. The van der Waals surface area contributed by atoms with Crippen molar-refractivity contribution < 1.29 is 14.7 Å². The molecule has 1 aliphatic heterocycles. The van der Waals surface area contributed by atoms with E-state index in [1.165, 1.54) is 4.90 Å². The number of benzene rings is 1. The average Bonchev–Trinajstić information content (AvgIpc) is 2.89. The Balaban J connectivity index is 2.07. The molecule has 1 aromatic carbocycles. The van der Waals surface area contributed by atoms with E-state index in [-0.39, 0.29) is 5.91 Å². The van der Waals surface area contributed by atoms with Crippen molar-refractivity contribution in [2.45, 2.75) is 25.3 Å². The molecule has 1 saturated heterocycles. The number of fused-ring (bicyclic) bond motifs is 1. The van der Waals surface area contributed by atoms with Gasteiger partial charge in [0.15, 0.2) is 0 Å². The number of carboxylic acids is 1. The van der Waals surface area contributed by atoms with Crippen LogP contribution in [0.4, 0.5) is 0 Å². The second-order valence-electron chi connectivity index (χ2n) is 5.52. The van der Waals surface area contributed by atoms with Gasteiger partial charge in [0.1, 0.15) is 5.54 Å². The Bertz CT molecular complexity index is 723. The molecule has 1 atom stereocenters. The predicted octanol–water partition coefficient (Wildman–Crippen LogP) is 2.31. The molecule has 0 aliphatic carbocycles. The zero-order valence-electron chi connectivity index (χ0n) is 11.7. The highest BCUT2D eigenvalue weighted by Gasteiger charge is 2.46. The molecule has 5 heteroatoms. The van der Waals surface area contributed by atoms with Crippen LogP contribution in [-0.4, -0.2) is 39.0 Å². The van der Waals surface area contributed by atoms with Crippen molar-refractivity contribution in [2.24, 2.45) is 0 Å². The van der Waals surface area contributed by atoms with Crippen molar-refractivity contribution in [1.82, 2.24) is 9.88 Å². The molecule has 1 fully saturated rings. The van der Waals surface area contributed by atoms with Crippen LogP contribution in [0.1, 0.15) is 30.1 Å². The number of hydrogen-bond donors (Lipinski definition) is 1. The van der Waals surface area contributed by atoms with Gasteiger partial charge in [-0.25, -0.2) is 4.79 Å². The monoisotopic (exact) mass is 284 g/mol. The Morgan fingerprint density at radius 2 is 2.05 bits per heavy atom. The van der Waals surface area contributed by atoms with Gasteiger partial charge in [-0.15, -0.1) is 0 Å². The van der Waals surface area contributed by atoms with Crippen molar-refractivity contribution in [3.8, 4) is 0 Å². The van der Waals surface area contributed by atoms with Gasteiger partial charge < -0.3 is 10.0 Å². The quantitative estimate of drug-likeness (QED) is 0.918. The fourth-order valence-electron chi connectivity index (χ4n) is 2.93. The summed E-state index contributed by atoms with van der Waals surface area (Å²) >= 11 is 0. The molecule has 1 aliphatic rings. The number of rotatable bonds is 2. The normalized spacial score (nSPS) is 21.7. The van der Waals surface area contributed by atoms with E-state index in [0.717, 1.165) is 5.39 Å². The summed E-state index contributed by atoms with van der Waals surface area (Å²) in [6, 6.07) is 9.09. The summed E-state index contributed by atoms with van der Waals surface area (Å²) in [5.74, 6) is -1.22. The minimum atomic E-state index is -1.13. The number of likely N-dealkylation sites (tertiary alicyclic amines) is 1. The largest absolute Gasteiger partial charge is 0.480 e. The topological polar surface area (TPSA) is 70.5 Å². The molecular weight excluding hydrogens is 268 g/mol. The number of aliphatic carboxylic acids is 1. The van der Waals surface area contributed by atoms with Crippen LogP contribution >= 0.6 is 0 Å². The highest BCUT2D eigenvalue weighted by atomic mass is 16.4. The summed E-state index contributed by atoms with van der Waals surface area (Å²) < 4.78 is 0. The molecule has 0 saturated carbocycles. The van der Waals surface area contributed by atoms with Gasteiger partial charge in [0.05, 0.1) is 11.1 Å². The number of carbonyl (C=O) groups excluding carboxylic acids is 1.